The van der Waals surface area contributed by atoms with Crippen LogP contribution in [0.15, 0.2) is 6.58 Å². The average Bonchev–Trinajstić information content (AvgIpc) is 2.13. The highest BCUT2D eigenvalue weighted by atomic mass is 14.6. The van der Waals surface area contributed by atoms with E-state index in [4.69, 9.17) is 11.5 Å². The van der Waals surface area contributed by atoms with Gasteiger partial charge in [-0.3, -0.25) is 0 Å². The summed E-state index contributed by atoms with van der Waals surface area (Å²) in [6.07, 6.45) is 1.80. The van der Waals surface area contributed by atoms with Gasteiger partial charge in [-0.25, -0.2) is 0 Å². The first kappa shape index (κ1) is 9.65. The van der Waals surface area contributed by atoms with Gasteiger partial charge in [-0.05, 0) is 43.0 Å². The van der Waals surface area contributed by atoms with Crippen molar-refractivity contribution in [2.24, 2.45) is 0 Å². The Morgan fingerprint density at radius 2 is 1.31 bits per heavy atom. The number of hydrogen-bond donors (Lipinski definition) is 2. The van der Waals surface area contributed by atoms with Crippen molar-refractivity contribution in [1.29, 1.82) is 0 Å². The zero-order chi connectivity index (χ0) is 10.2. The van der Waals surface area contributed by atoms with E-state index in [9.17, 15) is 0 Å². The molecule has 0 bridgehead atoms. The lowest BCUT2D eigenvalue weighted by Gasteiger charge is -2.15. The number of benzene rings is 1. The quantitative estimate of drug-likeness (QED) is 0.646. The van der Waals surface area contributed by atoms with Crippen LogP contribution < -0.4 is 11.5 Å². The summed E-state index contributed by atoms with van der Waals surface area (Å²) in [7, 11) is 0. The van der Waals surface area contributed by atoms with E-state index in [1.54, 1.807) is 6.08 Å². The molecule has 4 N–H and O–H groups in total. The maximum Gasteiger partial charge on any atom is 0.0400 e. The number of nitrogens with two attached hydrogens (primary N) is 2. The van der Waals surface area contributed by atoms with Gasteiger partial charge in [-0.15, -0.1) is 0 Å². The Kier molecular flexibility index (Phi) is 2.32. The van der Waals surface area contributed by atoms with E-state index in [2.05, 4.69) is 6.58 Å². The Hall–Kier alpha value is -1.44. The molecule has 2 heteroatoms. The van der Waals surface area contributed by atoms with E-state index >= 15 is 0 Å². The SMILES string of the molecule is C=Cc1c(C)c(N)c(C)c(N)c1C. The van der Waals surface area contributed by atoms with Gasteiger partial charge < -0.3 is 11.5 Å². The van der Waals surface area contributed by atoms with Crippen LogP contribution in [0.1, 0.15) is 22.3 Å². The summed E-state index contributed by atoms with van der Waals surface area (Å²) in [6, 6.07) is 0. The zero-order valence-electron chi connectivity index (χ0n) is 8.44. The fourth-order valence-corrected chi connectivity index (χ4v) is 1.59. The molecule has 0 atom stereocenters. The third-order valence-electron chi connectivity index (χ3n) is 2.63. The van der Waals surface area contributed by atoms with Crippen LogP contribution in [-0.2, 0) is 0 Å². The molecule has 0 fully saturated rings. The summed E-state index contributed by atoms with van der Waals surface area (Å²) in [5.74, 6) is 0. The van der Waals surface area contributed by atoms with E-state index < -0.39 is 0 Å². The molecule has 2 nitrogen and oxygen atoms in total. The van der Waals surface area contributed by atoms with Gasteiger partial charge in [0.25, 0.3) is 0 Å². The summed E-state index contributed by atoms with van der Waals surface area (Å²) in [6.45, 7) is 9.68. The van der Waals surface area contributed by atoms with Gasteiger partial charge >= 0.3 is 0 Å². The zero-order valence-corrected chi connectivity index (χ0v) is 8.44. The fourth-order valence-electron chi connectivity index (χ4n) is 1.59. The van der Waals surface area contributed by atoms with Crippen molar-refractivity contribution < 1.29 is 0 Å². The largest absolute Gasteiger partial charge is 0.398 e. The Morgan fingerprint density at radius 1 is 0.923 bits per heavy atom. The lowest BCUT2D eigenvalue weighted by Crippen LogP contribution is -2.04. The van der Waals surface area contributed by atoms with Gasteiger partial charge in [0.1, 0.15) is 0 Å². The molecule has 1 aromatic carbocycles. The van der Waals surface area contributed by atoms with E-state index in [0.717, 1.165) is 33.6 Å². The summed E-state index contributed by atoms with van der Waals surface area (Å²) in [4.78, 5) is 0. The van der Waals surface area contributed by atoms with Crippen molar-refractivity contribution >= 4 is 17.5 Å². The smallest absolute Gasteiger partial charge is 0.0400 e. The molecule has 0 aliphatic heterocycles. The van der Waals surface area contributed by atoms with Gasteiger partial charge in [0.15, 0.2) is 0 Å². The standard InChI is InChI=1S/C11H16N2/c1-5-9-6(2)10(12)8(4)11(13)7(9)3/h5H,1,12-13H2,2-4H3. The maximum atomic E-state index is 5.90. The number of anilines is 2. The van der Waals surface area contributed by atoms with Crippen molar-refractivity contribution in [2.45, 2.75) is 20.8 Å². The second kappa shape index (κ2) is 3.13. The van der Waals surface area contributed by atoms with Crippen LogP contribution >= 0.6 is 0 Å². The molecule has 0 radical (unpaired) electrons. The normalized spacial score (nSPS) is 10.1. The van der Waals surface area contributed by atoms with Crippen molar-refractivity contribution in [1.82, 2.24) is 0 Å². The highest BCUT2D eigenvalue weighted by Crippen LogP contribution is 2.31. The Morgan fingerprint density at radius 3 is 1.62 bits per heavy atom. The number of rotatable bonds is 1. The molecule has 1 aromatic rings. The monoisotopic (exact) mass is 176 g/mol. The summed E-state index contributed by atoms with van der Waals surface area (Å²) >= 11 is 0. The molecule has 0 unspecified atom stereocenters. The fraction of sp³-hybridized carbons (Fsp3) is 0.273. The third-order valence-corrected chi connectivity index (χ3v) is 2.63. The van der Waals surface area contributed by atoms with Crippen molar-refractivity contribution in [2.75, 3.05) is 11.5 Å². The molecule has 0 aliphatic rings. The lowest BCUT2D eigenvalue weighted by molar-refractivity contribution is 1.31. The van der Waals surface area contributed by atoms with Crippen LogP contribution in [0.4, 0.5) is 11.4 Å². The highest BCUT2D eigenvalue weighted by molar-refractivity contribution is 5.76. The molecule has 70 valence electrons. The second-order valence-electron chi connectivity index (χ2n) is 3.32. The van der Waals surface area contributed by atoms with E-state index in [-0.39, 0.29) is 0 Å². The Bertz CT molecular complexity index is 336. The molecule has 0 spiro atoms. The molecule has 0 amide bonds. The van der Waals surface area contributed by atoms with Gasteiger partial charge in [0.2, 0.25) is 0 Å². The molecule has 0 aliphatic carbocycles. The van der Waals surface area contributed by atoms with Crippen LogP contribution in [0.5, 0.6) is 0 Å². The van der Waals surface area contributed by atoms with Gasteiger partial charge in [0, 0.05) is 11.4 Å². The molecule has 0 saturated heterocycles. The van der Waals surface area contributed by atoms with E-state index in [0.29, 0.717) is 0 Å². The summed E-state index contributed by atoms with van der Waals surface area (Å²) in [5, 5.41) is 0. The van der Waals surface area contributed by atoms with E-state index in [1.807, 2.05) is 20.8 Å². The van der Waals surface area contributed by atoms with Crippen LogP contribution in [0.2, 0.25) is 0 Å². The minimum absolute atomic E-state index is 0.776. The van der Waals surface area contributed by atoms with E-state index in [1.165, 1.54) is 0 Å². The molecule has 0 heterocycles. The minimum atomic E-state index is 0.776. The molecule has 0 saturated carbocycles. The first-order valence-electron chi connectivity index (χ1n) is 4.27. The first-order valence-corrected chi connectivity index (χ1v) is 4.27. The van der Waals surface area contributed by atoms with Crippen molar-refractivity contribution in [3.63, 3.8) is 0 Å². The van der Waals surface area contributed by atoms with Crippen molar-refractivity contribution in [3.8, 4) is 0 Å². The third kappa shape index (κ3) is 1.28. The molecule has 13 heavy (non-hydrogen) atoms. The Balaban J connectivity index is 3.66. The van der Waals surface area contributed by atoms with Crippen LogP contribution in [0.25, 0.3) is 6.08 Å². The highest BCUT2D eigenvalue weighted by Gasteiger charge is 2.10. The Labute approximate surface area is 79.2 Å². The lowest BCUT2D eigenvalue weighted by atomic mass is 9.95. The summed E-state index contributed by atoms with van der Waals surface area (Å²) < 4.78 is 0. The molecular formula is C11H16N2. The summed E-state index contributed by atoms with van der Waals surface area (Å²) in [5.41, 5.74) is 17.5. The average molecular weight is 176 g/mol. The molecular weight excluding hydrogens is 160 g/mol. The van der Waals surface area contributed by atoms with Gasteiger partial charge in [-0.2, -0.15) is 0 Å². The van der Waals surface area contributed by atoms with Crippen LogP contribution in [0, 0.1) is 20.8 Å². The molecule has 1 rings (SSSR count). The van der Waals surface area contributed by atoms with Crippen molar-refractivity contribution in [3.05, 3.63) is 28.8 Å². The number of nitrogen functional groups attached to an aromatic ring is 2. The van der Waals surface area contributed by atoms with Crippen LogP contribution in [-0.4, -0.2) is 0 Å². The van der Waals surface area contributed by atoms with Gasteiger partial charge in [-0.1, -0.05) is 12.7 Å². The maximum absolute atomic E-state index is 5.90. The minimum Gasteiger partial charge on any atom is -0.398 e. The molecule has 0 aromatic heterocycles. The van der Waals surface area contributed by atoms with Gasteiger partial charge in [0.05, 0.1) is 0 Å². The predicted octanol–water partition coefficient (Wildman–Crippen LogP) is 2.42. The second-order valence-corrected chi connectivity index (χ2v) is 3.32. The topological polar surface area (TPSA) is 52.0 Å². The number of hydrogen-bond acceptors (Lipinski definition) is 2. The first-order chi connectivity index (χ1) is 6.00. The predicted molar refractivity (Wildman–Crippen MR) is 59.6 cm³/mol. The van der Waals surface area contributed by atoms with Crippen LogP contribution in [0.3, 0.4) is 0 Å².